The molecule has 4 heteroatoms. The number of carbonyl (C=O) groups excluding carboxylic acids is 2. The van der Waals surface area contributed by atoms with Gasteiger partial charge in [-0.15, -0.1) is 0 Å². The molecule has 0 radical (unpaired) electrons. The van der Waals surface area contributed by atoms with Gasteiger partial charge in [0.25, 0.3) is 5.91 Å². The van der Waals surface area contributed by atoms with Crippen molar-refractivity contribution < 1.29 is 9.59 Å². The summed E-state index contributed by atoms with van der Waals surface area (Å²) in [5, 5.41) is 8.86. The number of ketones is 1. The minimum Gasteiger partial charge on any atom is -0.335 e. The fraction of sp³-hybridized carbons (Fsp3) is 0.400. The van der Waals surface area contributed by atoms with Crippen LogP contribution in [0.4, 0.5) is 0 Å². The number of nitrogens with zero attached hydrogens (tertiary/aromatic N) is 2. The third kappa shape index (κ3) is 3.00. The molecule has 1 atom stereocenters. The molecule has 1 heterocycles. The monoisotopic (exact) mass is 256 g/mol. The molecule has 0 aliphatic carbocycles. The van der Waals surface area contributed by atoms with Crippen LogP contribution < -0.4 is 0 Å². The van der Waals surface area contributed by atoms with Crippen molar-refractivity contribution in [3.8, 4) is 6.07 Å². The fourth-order valence-corrected chi connectivity index (χ4v) is 2.53. The maximum absolute atomic E-state index is 12.4. The normalized spacial score (nSPS) is 18.1. The van der Waals surface area contributed by atoms with Crippen LogP contribution in [0.1, 0.15) is 42.1 Å². The summed E-state index contributed by atoms with van der Waals surface area (Å²) in [5.74, 6) is 0.0244. The second-order valence-corrected chi connectivity index (χ2v) is 4.89. The number of carbonyl (C=O) groups is 2. The number of likely N-dealkylation sites (tertiary alicyclic amines) is 1. The lowest BCUT2D eigenvalue weighted by atomic mass is 10.1. The van der Waals surface area contributed by atoms with Gasteiger partial charge in [-0.3, -0.25) is 9.59 Å². The lowest BCUT2D eigenvalue weighted by molar-refractivity contribution is -0.117. The Morgan fingerprint density at radius 3 is 2.95 bits per heavy atom. The molecule has 4 nitrogen and oxygen atoms in total. The summed E-state index contributed by atoms with van der Waals surface area (Å²) in [6.07, 6.45) is 2.23. The highest BCUT2D eigenvalue weighted by Gasteiger charge is 2.30. The van der Waals surface area contributed by atoms with Crippen LogP contribution in [0.15, 0.2) is 24.3 Å². The number of Topliss-reactive ketones (excluding diaryl/α,β-unsaturated/α-hetero) is 1. The van der Waals surface area contributed by atoms with Gasteiger partial charge >= 0.3 is 0 Å². The Balaban J connectivity index is 2.18. The van der Waals surface area contributed by atoms with Crippen molar-refractivity contribution in [3.63, 3.8) is 0 Å². The van der Waals surface area contributed by atoms with Crippen molar-refractivity contribution >= 4 is 11.7 Å². The number of benzene rings is 1. The lowest BCUT2D eigenvalue weighted by Crippen LogP contribution is -2.36. The highest BCUT2D eigenvalue weighted by atomic mass is 16.2. The first-order valence-corrected chi connectivity index (χ1v) is 6.42. The van der Waals surface area contributed by atoms with Gasteiger partial charge in [0.2, 0.25) is 0 Å². The van der Waals surface area contributed by atoms with E-state index < -0.39 is 0 Å². The molecule has 1 aromatic rings. The number of hydrogen-bond acceptors (Lipinski definition) is 3. The molecular formula is C15H16N2O2. The van der Waals surface area contributed by atoms with Gasteiger partial charge < -0.3 is 4.90 Å². The van der Waals surface area contributed by atoms with E-state index in [0.29, 0.717) is 24.1 Å². The van der Waals surface area contributed by atoms with E-state index in [1.165, 1.54) is 0 Å². The molecule has 1 aliphatic rings. The molecule has 1 aromatic carbocycles. The molecule has 2 rings (SSSR count). The molecule has 0 spiro atoms. The summed E-state index contributed by atoms with van der Waals surface area (Å²) < 4.78 is 0. The minimum atomic E-state index is -0.0825. The molecular weight excluding hydrogens is 240 g/mol. The van der Waals surface area contributed by atoms with Gasteiger partial charge in [0.15, 0.2) is 0 Å². The Bertz CT molecular complexity index is 545. The zero-order valence-electron chi connectivity index (χ0n) is 10.9. The van der Waals surface area contributed by atoms with Crippen LogP contribution in [-0.4, -0.2) is 29.2 Å². The molecule has 1 saturated heterocycles. The van der Waals surface area contributed by atoms with E-state index in [1.54, 1.807) is 36.1 Å². The first-order chi connectivity index (χ1) is 9.11. The van der Waals surface area contributed by atoms with E-state index in [-0.39, 0.29) is 17.7 Å². The van der Waals surface area contributed by atoms with Crippen molar-refractivity contribution in [2.24, 2.45) is 0 Å². The first kappa shape index (κ1) is 13.3. The molecule has 0 bridgehead atoms. The quantitative estimate of drug-likeness (QED) is 0.832. The van der Waals surface area contributed by atoms with E-state index in [0.717, 1.165) is 12.8 Å². The van der Waals surface area contributed by atoms with Crippen LogP contribution in [0.2, 0.25) is 0 Å². The summed E-state index contributed by atoms with van der Waals surface area (Å²) in [6.45, 7) is 2.24. The minimum absolute atomic E-state index is 0.00995. The lowest BCUT2D eigenvalue weighted by Gasteiger charge is -2.24. The van der Waals surface area contributed by atoms with E-state index in [9.17, 15) is 9.59 Å². The van der Waals surface area contributed by atoms with Crippen LogP contribution >= 0.6 is 0 Å². The van der Waals surface area contributed by atoms with Crippen LogP contribution in [0.3, 0.4) is 0 Å². The Morgan fingerprint density at radius 1 is 1.47 bits per heavy atom. The Morgan fingerprint density at radius 2 is 2.26 bits per heavy atom. The van der Waals surface area contributed by atoms with Gasteiger partial charge in [-0.1, -0.05) is 6.07 Å². The maximum Gasteiger partial charge on any atom is 0.254 e. The first-order valence-electron chi connectivity index (χ1n) is 6.42. The molecule has 19 heavy (non-hydrogen) atoms. The molecule has 1 unspecified atom stereocenters. The third-order valence-electron chi connectivity index (χ3n) is 3.40. The molecule has 1 aliphatic heterocycles. The molecule has 0 saturated carbocycles. The van der Waals surface area contributed by atoms with Crippen LogP contribution in [0.25, 0.3) is 0 Å². The Hall–Kier alpha value is -2.15. The average Bonchev–Trinajstić information content (AvgIpc) is 2.85. The fourth-order valence-electron chi connectivity index (χ4n) is 2.53. The highest BCUT2D eigenvalue weighted by Crippen LogP contribution is 2.23. The van der Waals surface area contributed by atoms with Crippen molar-refractivity contribution in [2.75, 3.05) is 6.54 Å². The average molecular weight is 256 g/mol. The number of rotatable bonds is 3. The van der Waals surface area contributed by atoms with Gasteiger partial charge in [-0.05, 0) is 38.0 Å². The van der Waals surface area contributed by atoms with Gasteiger partial charge in [0.05, 0.1) is 11.6 Å². The van der Waals surface area contributed by atoms with Crippen molar-refractivity contribution in [2.45, 2.75) is 32.2 Å². The van der Waals surface area contributed by atoms with Crippen molar-refractivity contribution in [3.05, 3.63) is 35.4 Å². The van der Waals surface area contributed by atoms with Gasteiger partial charge in [-0.25, -0.2) is 0 Å². The van der Waals surface area contributed by atoms with E-state index >= 15 is 0 Å². The van der Waals surface area contributed by atoms with Crippen LogP contribution in [-0.2, 0) is 4.79 Å². The SMILES string of the molecule is CC(=O)CC1CCCN1C(=O)c1cccc(C#N)c1. The molecule has 98 valence electrons. The van der Waals surface area contributed by atoms with E-state index in [1.807, 2.05) is 6.07 Å². The molecule has 0 N–H and O–H groups in total. The maximum atomic E-state index is 12.4. The van der Waals surface area contributed by atoms with Gasteiger partial charge in [0.1, 0.15) is 5.78 Å². The van der Waals surface area contributed by atoms with Gasteiger partial charge in [-0.2, -0.15) is 5.26 Å². The summed E-state index contributed by atoms with van der Waals surface area (Å²) in [7, 11) is 0. The van der Waals surface area contributed by atoms with Gasteiger partial charge in [0, 0.05) is 24.6 Å². The van der Waals surface area contributed by atoms with Crippen LogP contribution in [0.5, 0.6) is 0 Å². The Kier molecular flexibility index (Phi) is 3.96. The predicted molar refractivity (Wildman–Crippen MR) is 70.5 cm³/mol. The standard InChI is InChI=1S/C15H16N2O2/c1-11(18)8-14-6-3-7-17(14)15(19)13-5-2-4-12(9-13)10-16/h2,4-5,9,14H,3,6-8H2,1H3. The summed E-state index contributed by atoms with van der Waals surface area (Å²) >= 11 is 0. The second-order valence-electron chi connectivity index (χ2n) is 4.89. The highest BCUT2D eigenvalue weighted by molar-refractivity contribution is 5.95. The van der Waals surface area contributed by atoms with Crippen LogP contribution in [0, 0.1) is 11.3 Å². The number of nitriles is 1. The van der Waals surface area contributed by atoms with E-state index in [4.69, 9.17) is 5.26 Å². The smallest absolute Gasteiger partial charge is 0.254 e. The Labute approximate surface area is 112 Å². The predicted octanol–water partition coefficient (Wildman–Crippen LogP) is 2.14. The third-order valence-corrected chi connectivity index (χ3v) is 3.40. The second kappa shape index (κ2) is 5.66. The topological polar surface area (TPSA) is 61.2 Å². The van der Waals surface area contributed by atoms with E-state index in [2.05, 4.69) is 0 Å². The summed E-state index contributed by atoms with van der Waals surface area (Å²) in [6, 6.07) is 8.74. The molecule has 0 aromatic heterocycles. The zero-order valence-corrected chi connectivity index (χ0v) is 10.9. The van der Waals surface area contributed by atoms with Crippen molar-refractivity contribution in [1.29, 1.82) is 5.26 Å². The largest absolute Gasteiger partial charge is 0.335 e. The van der Waals surface area contributed by atoms with Crippen molar-refractivity contribution in [1.82, 2.24) is 4.90 Å². The molecule has 1 amide bonds. The summed E-state index contributed by atoms with van der Waals surface area (Å²) in [4.78, 5) is 25.4. The summed E-state index contributed by atoms with van der Waals surface area (Å²) in [5.41, 5.74) is 1.00. The number of hydrogen-bond donors (Lipinski definition) is 0. The number of amides is 1. The molecule has 1 fully saturated rings. The zero-order chi connectivity index (χ0) is 13.8.